The number of aromatic nitrogens is 2. The molecule has 5 nitrogen and oxygen atoms in total. The second kappa shape index (κ2) is 5.15. The molecule has 2 heterocycles. The summed E-state index contributed by atoms with van der Waals surface area (Å²) >= 11 is 0. The van der Waals surface area contributed by atoms with Crippen LogP contribution in [0.5, 0.6) is 0 Å². The summed E-state index contributed by atoms with van der Waals surface area (Å²) in [5.74, 6) is 0.585. The number of aryl methyl sites for hydroxylation is 1. The highest BCUT2D eigenvalue weighted by Crippen LogP contribution is 2.25. The maximum atomic E-state index is 11.4. The van der Waals surface area contributed by atoms with E-state index in [1.807, 2.05) is 11.6 Å². The molecule has 108 valence electrons. The van der Waals surface area contributed by atoms with Gasteiger partial charge < -0.3 is 5.32 Å². The van der Waals surface area contributed by atoms with Crippen LogP contribution in [0.4, 0.5) is 5.69 Å². The maximum Gasteiger partial charge on any atom is 0.150 e. The lowest BCUT2D eigenvalue weighted by molar-refractivity contribution is 0.516. The highest BCUT2D eigenvalue weighted by Gasteiger charge is 2.25. The van der Waals surface area contributed by atoms with Gasteiger partial charge in [0.05, 0.1) is 28.6 Å². The third-order valence-corrected chi connectivity index (χ3v) is 5.43. The van der Waals surface area contributed by atoms with Gasteiger partial charge in [0, 0.05) is 12.1 Å². The van der Waals surface area contributed by atoms with E-state index in [0.717, 1.165) is 17.1 Å². The summed E-state index contributed by atoms with van der Waals surface area (Å²) in [5.41, 5.74) is 3.18. The van der Waals surface area contributed by atoms with Crippen molar-refractivity contribution in [3.63, 3.8) is 0 Å². The highest BCUT2D eigenvalue weighted by molar-refractivity contribution is 7.91. The van der Waals surface area contributed by atoms with Gasteiger partial charge in [0.1, 0.15) is 9.84 Å². The molecule has 1 aliphatic heterocycles. The summed E-state index contributed by atoms with van der Waals surface area (Å²) in [4.78, 5) is 0. The summed E-state index contributed by atoms with van der Waals surface area (Å²) in [6.07, 6.45) is 1.38. The van der Waals surface area contributed by atoms with E-state index in [-0.39, 0.29) is 6.04 Å². The predicted molar refractivity (Wildman–Crippen MR) is 77.4 cm³/mol. The minimum absolute atomic E-state index is 0.241. The van der Waals surface area contributed by atoms with Crippen LogP contribution in [0.2, 0.25) is 0 Å². The summed E-state index contributed by atoms with van der Waals surface area (Å²) in [5, 5.41) is 8.02. The minimum Gasteiger partial charge on any atom is -0.379 e. The van der Waals surface area contributed by atoms with Gasteiger partial charge in [-0.15, -0.1) is 0 Å². The molecule has 0 spiro atoms. The van der Waals surface area contributed by atoms with Crippen molar-refractivity contribution in [3.8, 4) is 0 Å². The van der Waals surface area contributed by atoms with Gasteiger partial charge >= 0.3 is 0 Å². The number of hydrogen-bond donors (Lipinski definition) is 1. The van der Waals surface area contributed by atoms with E-state index in [1.54, 1.807) is 0 Å². The lowest BCUT2D eigenvalue weighted by Gasteiger charge is -2.24. The Labute approximate surface area is 115 Å². The van der Waals surface area contributed by atoms with Gasteiger partial charge in [-0.25, -0.2) is 8.42 Å². The number of nitrogens with one attached hydrogen (secondary N) is 1. The number of hydrogen-bond acceptors (Lipinski definition) is 4. The monoisotopic (exact) mass is 285 g/mol. The third kappa shape index (κ3) is 3.11. The van der Waals surface area contributed by atoms with Crippen molar-refractivity contribution in [2.24, 2.45) is 0 Å². The van der Waals surface area contributed by atoms with E-state index in [4.69, 9.17) is 0 Å². The standard InChI is InChI=1S/C13H23N3O2S/c1-9(2)16-11(4)13(10(3)15-16)14-12-5-7-19(17,18)8-6-12/h9,12,14H,5-8H2,1-4H3. The van der Waals surface area contributed by atoms with Crippen molar-refractivity contribution in [2.45, 2.75) is 52.6 Å². The van der Waals surface area contributed by atoms with Crippen molar-refractivity contribution in [3.05, 3.63) is 11.4 Å². The van der Waals surface area contributed by atoms with Gasteiger partial charge in [0.25, 0.3) is 0 Å². The van der Waals surface area contributed by atoms with Crippen LogP contribution in [0.3, 0.4) is 0 Å². The first kappa shape index (κ1) is 14.4. The van der Waals surface area contributed by atoms with E-state index >= 15 is 0 Å². The molecule has 0 bridgehead atoms. The Kier molecular flexibility index (Phi) is 3.90. The molecule has 0 aliphatic carbocycles. The molecule has 6 heteroatoms. The molecule has 1 saturated heterocycles. The minimum atomic E-state index is -2.80. The highest BCUT2D eigenvalue weighted by atomic mass is 32.2. The van der Waals surface area contributed by atoms with E-state index in [0.29, 0.717) is 30.4 Å². The summed E-state index contributed by atoms with van der Waals surface area (Å²) in [7, 11) is -2.80. The summed E-state index contributed by atoms with van der Waals surface area (Å²) in [6, 6.07) is 0.576. The molecule has 19 heavy (non-hydrogen) atoms. The molecule has 0 amide bonds. The van der Waals surface area contributed by atoms with Crippen LogP contribution >= 0.6 is 0 Å². The van der Waals surface area contributed by atoms with Gasteiger partial charge in [0.2, 0.25) is 0 Å². The van der Waals surface area contributed by atoms with Crippen LogP contribution < -0.4 is 5.32 Å². The average molecular weight is 285 g/mol. The largest absolute Gasteiger partial charge is 0.379 e. The predicted octanol–water partition coefficient (Wildman–Crippen LogP) is 2.07. The molecule has 1 fully saturated rings. The fourth-order valence-corrected chi connectivity index (χ4v) is 4.10. The zero-order valence-corrected chi connectivity index (χ0v) is 12.9. The van der Waals surface area contributed by atoms with E-state index in [9.17, 15) is 8.42 Å². The molecule has 0 aromatic carbocycles. The number of sulfone groups is 1. The smallest absolute Gasteiger partial charge is 0.150 e. The Morgan fingerprint density at radius 3 is 2.32 bits per heavy atom. The zero-order valence-electron chi connectivity index (χ0n) is 12.1. The first-order chi connectivity index (χ1) is 8.80. The molecule has 0 unspecified atom stereocenters. The van der Waals surface area contributed by atoms with Gasteiger partial charge in [-0.3, -0.25) is 4.68 Å². The SMILES string of the molecule is Cc1nn(C(C)C)c(C)c1NC1CCS(=O)(=O)CC1. The van der Waals surface area contributed by atoms with Crippen LogP contribution in [0.25, 0.3) is 0 Å². The first-order valence-electron chi connectivity index (χ1n) is 6.83. The van der Waals surface area contributed by atoms with Crippen LogP contribution in [0.15, 0.2) is 0 Å². The Balaban J connectivity index is 2.12. The molecule has 0 atom stereocenters. The molecule has 1 N–H and O–H groups in total. The molecular formula is C13H23N3O2S. The molecule has 1 aliphatic rings. The molecule has 0 saturated carbocycles. The fraction of sp³-hybridized carbons (Fsp3) is 0.769. The van der Waals surface area contributed by atoms with Crippen molar-refractivity contribution in [1.29, 1.82) is 0 Å². The number of anilines is 1. The van der Waals surface area contributed by atoms with Crippen LogP contribution in [0, 0.1) is 13.8 Å². The van der Waals surface area contributed by atoms with E-state index in [2.05, 4.69) is 31.2 Å². The average Bonchev–Trinajstić information content (AvgIpc) is 2.59. The van der Waals surface area contributed by atoms with Gasteiger partial charge in [-0.1, -0.05) is 0 Å². The normalized spacial score (nSPS) is 19.8. The Morgan fingerprint density at radius 1 is 1.26 bits per heavy atom. The van der Waals surface area contributed by atoms with Crippen molar-refractivity contribution in [2.75, 3.05) is 16.8 Å². The topological polar surface area (TPSA) is 64.0 Å². The van der Waals surface area contributed by atoms with Crippen LogP contribution in [-0.4, -0.2) is 35.7 Å². The quantitative estimate of drug-likeness (QED) is 0.923. The van der Waals surface area contributed by atoms with Crippen LogP contribution in [0.1, 0.15) is 44.1 Å². The number of nitrogens with zero attached hydrogens (tertiary/aromatic N) is 2. The van der Waals surface area contributed by atoms with Gasteiger partial charge in [0.15, 0.2) is 0 Å². The fourth-order valence-electron chi connectivity index (χ4n) is 2.61. The van der Waals surface area contributed by atoms with Crippen molar-refractivity contribution >= 4 is 15.5 Å². The molecule has 1 aromatic rings. The van der Waals surface area contributed by atoms with Gasteiger partial charge in [-0.05, 0) is 40.5 Å². The maximum absolute atomic E-state index is 11.4. The van der Waals surface area contributed by atoms with Gasteiger partial charge in [-0.2, -0.15) is 5.10 Å². The molecule has 2 rings (SSSR count). The molecule has 0 radical (unpaired) electrons. The number of rotatable bonds is 3. The lowest BCUT2D eigenvalue weighted by atomic mass is 10.1. The first-order valence-corrected chi connectivity index (χ1v) is 8.65. The van der Waals surface area contributed by atoms with E-state index < -0.39 is 9.84 Å². The molecular weight excluding hydrogens is 262 g/mol. The van der Waals surface area contributed by atoms with Crippen molar-refractivity contribution in [1.82, 2.24) is 9.78 Å². The Hall–Kier alpha value is -1.04. The summed E-state index contributed by atoms with van der Waals surface area (Å²) < 4.78 is 24.9. The lowest BCUT2D eigenvalue weighted by Crippen LogP contribution is -2.32. The molecule has 1 aromatic heterocycles. The Morgan fingerprint density at radius 2 is 1.84 bits per heavy atom. The summed E-state index contributed by atoms with van der Waals surface area (Å²) in [6.45, 7) is 8.27. The Bertz CT molecular complexity index is 547. The van der Waals surface area contributed by atoms with Crippen molar-refractivity contribution < 1.29 is 8.42 Å². The van der Waals surface area contributed by atoms with E-state index in [1.165, 1.54) is 0 Å². The zero-order chi connectivity index (χ0) is 14.2. The second-order valence-corrected chi connectivity index (χ2v) is 7.96. The second-order valence-electron chi connectivity index (χ2n) is 5.65. The third-order valence-electron chi connectivity index (χ3n) is 3.72. The van der Waals surface area contributed by atoms with Crippen LogP contribution in [-0.2, 0) is 9.84 Å².